The molecule has 2 saturated heterocycles. The lowest BCUT2D eigenvalue weighted by molar-refractivity contribution is -0.129. The van der Waals surface area contributed by atoms with E-state index in [1.165, 1.54) is 6.33 Å². The van der Waals surface area contributed by atoms with E-state index in [2.05, 4.69) is 30.5 Å². The smallest absolute Gasteiger partial charge is 0.254 e. The van der Waals surface area contributed by atoms with Crippen LogP contribution in [0.4, 0.5) is 14.6 Å². The Hall–Kier alpha value is -2.33. The van der Waals surface area contributed by atoms with Gasteiger partial charge in [-0.25, -0.2) is 18.7 Å². The van der Waals surface area contributed by atoms with Gasteiger partial charge in [-0.05, 0) is 6.07 Å². The number of aromatic amines is 1. The highest BCUT2D eigenvalue weighted by Gasteiger charge is 2.35. The van der Waals surface area contributed by atoms with Crippen molar-refractivity contribution in [2.24, 2.45) is 0 Å². The maximum atomic E-state index is 12.9. The number of amides is 1. The van der Waals surface area contributed by atoms with E-state index >= 15 is 0 Å². The zero-order chi connectivity index (χ0) is 17.4. The van der Waals surface area contributed by atoms with Crippen molar-refractivity contribution in [2.75, 3.05) is 31.1 Å². The molecule has 134 valence electrons. The Morgan fingerprint density at radius 2 is 2.00 bits per heavy atom. The first-order valence-electron chi connectivity index (χ1n) is 8.22. The first kappa shape index (κ1) is 16.2. The number of anilines is 1. The van der Waals surface area contributed by atoms with E-state index in [4.69, 9.17) is 0 Å². The lowest BCUT2D eigenvalue weighted by Gasteiger charge is -2.43. The molecule has 0 bridgehead atoms. The second kappa shape index (κ2) is 6.52. The van der Waals surface area contributed by atoms with Crippen LogP contribution < -0.4 is 15.5 Å². The second-order valence-corrected chi connectivity index (χ2v) is 6.24. The molecule has 4 rings (SSSR count). The molecular formula is C15H19F2N7O. The predicted octanol–water partition coefficient (Wildman–Crippen LogP) is 0.107. The minimum Gasteiger partial charge on any atom is -0.353 e. The molecule has 25 heavy (non-hydrogen) atoms. The molecule has 0 aromatic carbocycles. The number of rotatable bonds is 3. The van der Waals surface area contributed by atoms with E-state index in [0.29, 0.717) is 26.2 Å². The highest BCUT2D eigenvalue weighted by molar-refractivity contribution is 5.87. The molecule has 8 nitrogen and oxygen atoms in total. The van der Waals surface area contributed by atoms with Crippen LogP contribution in [0.5, 0.6) is 0 Å². The van der Waals surface area contributed by atoms with E-state index in [1.807, 2.05) is 17.2 Å². The highest BCUT2D eigenvalue weighted by atomic mass is 19.3. The van der Waals surface area contributed by atoms with Gasteiger partial charge in [-0.1, -0.05) is 0 Å². The first-order chi connectivity index (χ1) is 12.1. The average Bonchev–Trinajstić information content (AvgIpc) is 3.10. The summed E-state index contributed by atoms with van der Waals surface area (Å²) in [4.78, 5) is 27.4. The standard InChI is InChI=1S/C15H19F2N7O/c16-12(17)10-7-11(25)22-15(21-10)24-5-3-23(4-6-24)14-9-1-2-18-13(9)19-8-20-14/h1-2,8,10,12,15,21H,3-7H2,(H,22,25)(H,18,19,20). The minimum atomic E-state index is -2.56. The van der Waals surface area contributed by atoms with Gasteiger partial charge in [-0.15, -0.1) is 0 Å². The summed E-state index contributed by atoms with van der Waals surface area (Å²) >= 11 is 0. The van der Waals surface area contributed by atoms with E-state index in [-0.39, 0.29) is 12.3 Å². The van der Waals surface area contributed by atoms with Crippen molar-refractivity contribution in [3.05, 3.63) is 18.6 Å². The molecule has 1 amide bonds. The molecule has 10 heteroatoms. The molecule has 4 heterocycles. The van der Waals surface area contributed by atoms with Gasteiger partial charge in [0.1, 0.15) is 24.1 Å². The van der Waals surface area contributed by atoms with E-state index < -0.39 is 18.8 Å². The number of nitrogens with one attached hydrogen (secondary N) is 3. The van der Waals surface area contributed by atoms with Gasteiger partial charge in [-0.3, -0.25) is 15.0 Å². The van der Waals surface area contributed by atoms with Crippen molar-refractivity contribution < 1.29 is 13.6 Å². The number of carbonyl (C=O) groups is 1. The van der Waals surface area contributed by atoms with Crippen LogP contribution in [-0.2, 0) is 4.79 Å². The number of nitrogens with zero attached hydrogens (tertiary/aromatic N) is 4. The van der Waals surface area contributed by atoms with Gasteiger partial charge < -0.3 is 15.2 Å². The molecule has 2 aliphatic heterocycles. The third-order valence-corrected chi connectivity index (χ3v) is 4.69. The first-order valence-corrected chi connectivity index (χ1v) is 8.22. The van der Waals surface area contributed by atoms with Gasteiger partial charge in [0.2, 0.25) is 5.91 Å². The van der Waals surface area contributed by atoms with Crippen LogP contribution in [0.3, 0.4) is 0 Å². The summed E-state index contributed by atoms with van der Waals surface area (Å²) in [7, 11) is 0. The van der Waals surface area contributed by atoms with Crippen molar-refractivity contribution in [2.45, 2.75) is 25.2 Å². The quantitative estimate of drug-likeness (QED) is 0.727. The zero-order valence-corrected chi connectivity index (χ0v) is 13.5. The molecular weight excluding hydrogens is 332 g/mol. The van der Waals surface area contributed by atoms with E-state index in [9.17, 15) is 13.6 Å². The molecule has 2 aliphatic rings. The summed E-state index contributed by atoms with van der Waals surface area (Å²) in [6.45, 7) is 2.63. The number of alkyl halides is 2. The number of H-pyrrole nitrogens is 1. The average molecular weight is 351 g/mol. The van der Waals surface area contributed by atoms with Crippen LogP contribution in [0.15, 0.2) is 18.6 Å². The second-order valence-electron chi connectivity index (χ2n) is 6.24. The molecule has 0 saturated carbocycles. The van der Waals surface area contributed by atoms with Gasteiger partial charge in [0.25, 0.3) is 6.43 Å². The third kappa shape index (κ3) is 3.14. The summed E-state index contributed by atoms with van der Waals surface area (Å²) in [5, 5.41) is 6.53. The Kier molecular flexibility index (Phi) is 4.22. The maximum absolute atomic E-state index is 12.9. The van der Waals surface area contributed by atoms with E-state index in [1.54, 1.807) is 0 Å². The number of fused-ring (bicyclic) bond motifs is 1. The Balaban J connectivity index is 1.43. The van der Waals surface area contributed by atoms with Crippen LogP contribution in [-0.4, -0.2) is 70.7 Å². The fraction of sp³-hybridized carbons (Fsp3) is 0.533. The fourth-order valence-electron chi connectivity index (χ4n) is 3.38. The third-order valence-electron chi connectivity index (χ3n) is 4.69. The molecule has 2 aromatic rings. The summed E-state index contributed by atoms with van der Waals surface area (Å²) in [5.74, 6) is 0.512. The number of carbonyl (C=O) groups excluding carboxylic acids is 1. The van der Waals surface area contributed by atoms with Crippen LogP contribution in [0.1, 0.15) is 6.42 Å². The van der Waals surface area contributed by atoms with Crippen molar-refractivity contribution in [3.8, 4) is 0 Å². The highest BCUT2D eigenvalue weighted by Crippen LogP contribution is 2.23. The summed E-state index contributed by atoms with van der Waals surface area (Å²) in [6.07, 6.45) is 0.0419. The van der Waals surface area contributed by atoms with Gasteiger partial charge in [0.05, 0.1) is 11.4 Å². The number of aromatic nitrogens is 3. The number of hydrogen-bond donors (Lipinski definition) is 3. The van der Waals surface area contributed by atoms with Gasteiger partial charge in [0.15, 0.2) is 0 Å². The van der Waals surface area contributed by atoms with Crippen LogP contribution in [0.25, 0.3) is 11.0 Å². The molecule has 2 fully saturated rings. The van der Waals surface area contributed by atoms with Crippen LogP contribution in [0.2, 0.25) is 0 Å². The van der Waals surface area contributed by atoms with Crippen molar-refractivity contribution in [1.29, 1.82) is 0 Å². The fourth-order valence-corrected chi connectivity index (χ4v) is 3.38. The summed E-state index contributed by atoms with van der Waals surface area (Å²) in [6, 6.07) is 0.839. The molecule has 0 radical (unpaired) electrons. The number of piperazine rings is 1. The molecule has 0 aliphatic carbocycles. The molecule has 2 atom stereocenters. The Bertz CT molecular complexity index is 759. The normalized spacial score (nSPS) is 25.6. The maximum Gasteiger partial charge on any atom is 0.254 e. The Labute approximate surface area is 142 Å². The lowest BCUT2D eigenvalue weighted by atomic mass is 10.1. The van der Waals surface area contributed by atoms with Gasteiger partial charge >= 0.3 is 0 Å². The molecule has 2 unspecified atom stereocenters. The number of halogens is 2. The Morgan fingerprint density at radius 3 is 2.76 bits per heavy atom. The lowest BCUT2D eigenvalue weighted by Crippen LogP contribution is -2.67. The Morgan fingerprint density at radius 1 is 1.20 bits per heavy atom. The zero-order valence-electron chi connectivity index (χ0n) is 13.5. The monoisotopic (exact) mass is 351 g/mol. The molecule has 0 spiro atoms. The van der Waals surface area contributed by atoms with Crippen LogP contribution in [0, 0.1) is 0 Å². The van der Waals surface area contributed by atoms with E-state index in [0.717, 1.165) is 16.9 Å². The van der Waals surface area contributed by atoms with Gasteiger partial charge in [-0.2, -0.15) is 0 Å². The largest absolute Gasteiger partial charge is 0.353 e. The molecule has 3 N–H and O–H groups in total. The molecule has 2 aromatic heterocycles. The summed E-state index contributed by atoms with van der Waals surface area (Å²) < 4.78 is 25.9. The topological polar surface area (TPSA) is 89.2 Å². The van der Waals surface area contributed by atoms with Crippen LogP contribution >= 0.6 is 0 Å². The van der Waals surface area contributed by atoms with Crippen molar-refractivity contribution in [1.82, 2.24) is 30.5 Å². The SMILES string of the molecule is O=C1CC(C(F)F)NC(N2CCN(c3ncnc4[nH]ccc34)CC2)N1. The van der Waals surface area contributed by atoms with Crippen molar-refractivity contribution >= 4 is 22.8 Å². The predicted molar refractivity (Wildman–Crippen MR) is 87.2 cm³/mol. The summed E-state index contributed by atoms with van der Waals surface area (Å²) in [5.41, 5.74) is 0.786. The minimum absolute atomic E-state index is 0.194. The van der Waals surface area contributed by atoms with Crippen molar-refractivity contribution in [3.63, 3.8) is 0 Å². The number of hydrogen-bond acceptors (Lipinski definition) is 6. The van der Waals surface area contributed by atoms with Gasteiger partial charge in [0, 0.05) is 38.8 Å².